The Morgan fingerprint density at radius 2 is 1.40 bits per heavy atom. The van der Waals surface area contributed by atoms with Gasteiger partial charge in [-0.1, -0.05) is 61.5 Å². The van der Waals surface area contributed by atoms with Crippen LogP contribution in [0.4, 0.5) is 5.69 Å². The minimum atomic E-state index is -1.09. The van der Waals surface area contributed by atoms with E-state index in [9.17, 15) is 14.7 Å². The molecular weight excluding hydrogens is 496 g/mol. The number of hydrogen-bond donors (Lipinski definition) is 1. The van der Waals surface area contributed by atoms with Crippen LogP contribution in [0.1, 0.15) is 58.3 Å². The monoisotopic (exact) mass is 532 g/mol. The van der Waals surface area contributed by atoms with Crippen LogP contribution in [0.25, 0.3) is 16.6 Å². The van der Waals surface area contributed by atoms with Crippen molar-refractivity contribution in [2.75, 3.05) is 18.0 Å². The van der Waals surface area contributed by atoms with E-state index in [0.717, 1.165) is 25.2 Å². The number of carboxylic acid groups (broad SMARTS) is 1. The molecular formula is C35H36N2O3. The summed E-state index contributed by atoms with van der Waals surface area (Å²) in [6, 6.07) is 30.8. The number of carboxylic acids is 1. The van der Waals surface area contributed by atoms with Gasteiger partial charge in [0.2, 0.25) is 0 Å². The third kappa shape index (κ3) is 6.15. The average molecular weight is 533 g/mol. The number of rotatable bonds is 8. The van der Waals surface area contributed by atoms with Crippen LogP contribution < -0.4 is 4.90 Å². The highest BCUT2D eigenvalue weighted by Crippen LogP contribution is 2.27. The molecule has 0 unspecified atom stereocenters. The van der Waals surface area contributed by atoms with Gasteiger partial charge >= 0.3 is 5.97 Å². The maximum absolute atomic E-state index is 12.5. The molecule has 0 bridgehead atoms. The summed E-state index contributed by atoms with van der Waals surface area (Å²) in [5.41, 5.74) is 8.35. The predicted octanol–water partition coefficient (Wildman–Crippen LogP) is 7.94. The third-order valence-corrected chi connectivity index (χ3v) is 7.24. The van der Waals surface area contributed by atoms with Crippen LogP contribution in [0.15, 0.2) is 103 Å². The van der Waals surface area contributed by atoms with Gasteiger partial charge < -0.3 is 14.4 Å². The minimum absolute atomic E-state index is 0.0281. The summed E-state index contributed by atoms with van der Waals surface area (Å²) in [6.07, 6.45) is 3.32. The van der Waals surface area contributed by atoms with Crippen LogP contribution in [0.2, 0.25) is 0 Å². The Hall–Kier alpha value is -4.64. The quantitative estimate of drug-likeness (QED) is 0.206. The van der Waals surface area contributed by atoms with Crippen molar-refractivity contribution in [3.8, 4) is 11.1 Å². The van der Waals surface area contributed by atoms with Crippen LogP contribution in [0.5, 0.6) is 0 Å². The molecule has 1 N–H and O–H groups in total. The fourth-order valence-corrected chi connectivity index (χ4v) is 4.90. The summed E-state index contributed by atoms with van der Waals surface area (Å²) in [5.74, 6) is -1.37. The Bertz CT molecular complexity index is 1600. The number of ketones is 1. The molecule has 0 radical (unpaired) electrons. The zero-order valence-electron chi connectivity index (χ0n) is 23.6. The topological polar surface area (TPSA) is 62.0 Å². The number of pyridine rings is 1. The van der Waals surface area contributed by atoms with Gasteiger partial charge in [0.15, 0.2) is 5.78 Å². The number of carbonyl (C=O) groups excluding carboxylic acids is 1. The normalized spacial score (nSPS) is 10.6. The summed E-state index contributed by atoms with van der Waals surface area (Å²) >= 11 is 0. The summed E-state index contributed by atoms with van der Waals surface area (Å²) < 4.78 is 2.29. The lowest BCUT2D eigenvalue weighted by molar-refractivity contribution is 0.0692. The van der Waals surface area contributed by atoms with E-state index in [1.807, 2.05) is 12.1 Å². The van der Waals surface area contributed by atoms with Gasteiger partial charge in [-0.2, -0.15) is 0 Å². The molecule has 0 spiro atoms. The first-order chi connectivity index (χ1) is 19.4. The average Bonchev–Trinajstić information content (AvgIpc) is 3.34. The Kier molecular flexibility index (Phi) is 9.18. The summed E-state index contributed by atoms with van der Waals surface area (Å²) in [7, 11) is 0. The van der Waals surface area contributed by atoms with Crippen LogP contribution >= 0.6 is 0 Å². The maximum atomic E-state index is 12.5. The van der Waals surface area contributed by atoms with E-state index in [-0.39, 0.29) is 16.9 Å². The highest BCUT2D eigenvalue weighted by Gasteiger charge is 2.17. The zero-order valence-corrected chi connectivity index (χ0v) is 23.6. The molecule has 0 aliphatic rings. The van der Waals surface area contributed by atoms with Gasteiger partial charge in [0.25, 0.3) is 0 Å². The van der Waals surface area contributed by atoms with E-state index < -0.39 is 5.97 Å². The second-order valence-electron chi connectivity index (χ2n) is 9.59. The molecule has 0 aliphatic carbocycles. The van der Waals surface area contributed by atoms with E-state index in [4.69, 9.17) is 0 Å². The van der Waals surface area contributed by atoms with Gasteiger partial charge in [-0.25, -0.2) is 4.79 Å². The Labute approximate surface area is 236 Å². The molecule has 0 fully saturated rings. The third-order valence-electron chi connectivity index (χ3n) is 7.24. The van der Waals surface area contributed by atoms with Crippen molar-refractivity contribution in [3.63, 3.8) is 0 Å². The molecule has 0 aliphatic heterocycles. The second kappa shape index (κ2) is 12.9. The first-order valence-electron chi connectivity index (χ1n) is 13.8. The SMILES string of the molecule is CCN(CC)c1ccc(C(=O)c2ccccc2C(=O)O)cc1.CCc1ccc2cc(-c3ccccc3)c(C)n2c1. The lowest BCUT2D eigenvalue weighted by Crippen LogP contribution is -2.21. The van der Waals surface area contributed by atoms with Gasteiger partial charge in [-0.05, 0) is 80.8 Å². The molecule has 5 aromatic rings. The number of hydrogen-bond acceptors (Lipinski definition) is 3. The van der Waals surface area contributed by atoms with Gasteiger partial charge in [0.05, 0.1) is 5.56 Å². The van der Waals surface area contributed by atoms with Crippen molar-refractivity contribution in [2.24, 2.45) is 0 Å². The second-order valence-corrected chi connectivity index (χ2v) is 9.59. The lowest BCUT2D eigenvalue weighted by Gasteiger charge is -2.21. The number of aryl methyl sites for hydroxylation is 2. The predicted molar refractivity (Wildman–Crippen MR) is 164 cm³/mol. The summed E-state index contributed by atoms with van der Waals surface area (Å²) in [4.78, 5) is 25.9. The molecule has 2 aromatic heterocycles. The van der Waals surface area contributed by atoms with Crippen molar-refractivity contribution in [1.29, 1.82) is 0 Å². The molecule has 204 valence electrons. The van der Waals surface area contributed by atoms with Crippen LogP contribution in [0.3, 0.4) is 0 Å². The van der Waals surface area contributed by atoms with Gasteiger partial charge in [0.1, 0.15) is 0 Å². The summed E-state index contributed by atoms with van der Waals surface area (Å²) in [5, 5.41) is 9.18. The maximum Gasteiger partial charge on any atom is 0.336 e. The highest BCUT2D eigenvalue weighted by molar-refractivity contribution is 6.14. The van der Waals surface area contributed by atoms with Crippen LogP contribution in [-0.4, -0.2) is 34.3 Å². The molecule has 0 atom stereocenters. The van der Waals surface area contributed by atoms with Crippen LogP contribution in [-0.2, 0) is 6.42 Å². The van der Waals surface area contributed by atoms with E-state index in [2.05, 4.69) is 91.7 Å². The number of fused-ring (bicyclic) bond motifs is 1. The number of aromatic nitrogens is 1. The van der Waals surface area contributed by atoms with E-state index >= 15 is 0 Å². The van der Waals surface area contributed by atoms with E-state index in [1.54, 1.807) is 30.3 Å². The van der Waals surface area contributed by atoms with Crippen LogP contribution in [0, 0.1) is 6.92 Å². The number of nitrogens with zero attached hydrogens (tertiary/aromatic N) is 2. The molecule has 0 saturated heterocycles. The molecule has 2 heterocycles. The molecule has 0 saturated carbocycles. The Morgan fingerprint density at radius 1 is 0.775 bits per heavy atom. The number of carbonyl (C=O) groups is 2. The van der Waals surface area contributed by atoms with Crippen molar-refractivity contribution < 1.29 is 14.7 Å². The van der Waals surface area contributed by atoms with Crippen molar-refractivity contribution in [2.45, 2.75) is 34.1 Å². The molecule has 5 nitrogen and oxygen atoms in total. The molecule has 40 heavy (non-hydrogen) atoms. The first-order valence-corrected chi connectivity index (χ1v) is 13.8. The van der Waals surface area contributed by atoms with Crippen molar-refractivity contribution in [3.05, 3.63) is 131 Å². The minimum Gasteiger partial charge on any atom is -0.478 e. The van der Waals surface area contributed by atoms with Gasteiger partial charge in [0, 0.05) is 52.9 Å². The number of aromatic carboxylic acids is 1. The largest absolute Gasteiger partial charge is 0.478 e. The smallest absolute Gasteiger partial charge is 0.336 e. The van der Waals surface area contributed by atoms with Gasteiger partial charge in [-0.3, -0.25) is 4.79 Å². The van der Waals surface area contributed by atoms with Gasteiger partial charge in [-0.15, -0.1) is 0 Å². The molecule has 3 aromatic carbocycles. The van der Waals surface area contributed by atoms with E-state index in [0.29, 0.717) is 5.56 Å². The fraction of sp³-hybridized carbons (Fsp3) is 0.200. The highest BCUT2D eigenvalue weighted by atomic mass is 16.4. The number of benzene rings is 3. The zero-order chi connectivity index (χ0) is 28.6. The van der Waals surface area contributed by atoms with Crippen molar-refractivity contribution >= 4 is 23.0 Å². The molecule has 0 amide bonds. The molecule has 5 heteroatoms. The molecule has 5 rings (SSSR count). The lowest BCUT2D eigenvalue weighted by atomic mass is 9.98. The fourth-order valence-electron chi connectivity index (χ4n) is 4.90. The first kappa shape index (κ1) is 28.4. The number of anilines is 1. The van der Waals surface area contributed by atoms with Crippen molar-refractivity contribution in [1.82, 2.24) is 4.40 Å². The summed E-state index contributed by atoms with van der Waals surface area (Å²) in [6.45, 7) is 10.3. The standard InChI is InChI=1S/C18H19NO3.C17H17N/c1-3-19(4-2)14-11-9-13(10-12-14)17(20)15-7-5-6-8-16(15)18(21)22;1-3-14-9-10-16-11-17(13(2)18(16)12-14)15-7-5-4-6-8-15/h5-12H,3-4H2,1-2H3,(H,21,22);4-12H,3H2,1-2H3. The van der Waals surface area contributed by atoms with E-state index in [1.165, 1.54) is 34.0 Å². The Morgan fingerprint density at radius 3 is 2.00 bits per heavy atom. The Balaban J connectivity index is 0.000000188.